The minimum absolute atomic E-state index is 0.847. The fourth-order valence-electron chi connectivity index (χ4n) is 4.95. The minimum atomic E-state index is 0.847. The lowest BCUT2D eigenvalue weighted by Crippen LogP contribution is -2.05. The summed E-state index contributed by atoms with van der Waals surface area (Å²) >= 11 is 0. The van der Waals surface area contributed by atoms with Gasteiger partial charge in [0.05, 0.1) is 5.71 Å². The molecule has 0 saturated carbocycles. The molecule has 3 aliphatic rings. The zero-order valence-corrected chi connectivity index (χ0v) is 18.3. The van der Waals surface area contributed by atoms with E-state index < -0.39 is 0 Å². The molecule has 2 aliphatic carbocycles. The Balaban J connectivity index is 1.78. The molecule has 0 bridgehead atoms. The predicted molar refractivity (Wildman–Crippen MR) is 140 cm³/mol. The van der Waals surface area contributed by atoms with Crippen LogP contribution >= 0.6 is 0 Å². The molecule has 156 valence electrons. The highest BCUT2D eigenvalue weighted by atomic mass is 14.7. The molecule has 0 atom stereocenters. The van der Waals surface area contributed by atoms with Gasteiger partial charge in [-0.25, -0.2) is 0 Å². The van der Waals surface area contributed by atoms with E-state index in [4.69, 9.17) is 4.99 Å². The van der Waals surface area contributed by atoms with E-state index in [1.165, 1.54) is 50.1 Å². The van der Waals surface area contributed by atoms with Crippen LogP contribution in [0, 0.1) is 0 Å². The Morgan fingerprint density at radius 3 is 1.39 bits per heavy atom. The Labute approximate surface area is 194 Å². The molecule has 1 heteroatoms. The maximum Gasteiger partial charge on any atom is 0.0526 e. The van der Waals surface area contributed by atoms with Crippen LogP contribution in [0.4, 0.5) is 0 Å². The number of hydrogen-bond acceptors (Lipinski definition) is 1. The smallest absolute Gasteiger partial charge is 0.0526 e. The SMILES string of the molecule is C1=CC(=C2C(C3=NC=CC3)=C(c3ccccc3)C(c3ccccc3)=C2c2ccccc2)C=C1. The first kappa shape index (κ1) is 19.5. The molecule has 0 N–H and O–H groups in total. The number of hydrogen-bond donors (Lipinski definition) is 0. The summed E-state index contributed by atoms with van der Waals surface area (Å²) in [6, 6.07) is 32.3. The van der Waals surface area contributed by atoms with Gasteiger partial charge in [-0.3, -0.25) is 4.99 Å². The highest BCUT2D eigenvalue weighted by Gasteiger charge is 2.35. The van der Waals surface area contributed by atoms with Crippen molar-refractivity contribution in [2.45, 2.75) is 6.42 Å². The summed E-state index contributed by atoms with van der Waals surface area (Å²) in [6.07, 6.45) is 13.6. The van der Waals surface area contributed by atoms with Gasteiger partial charge < -0.3 is 0 Å². The number of aliphatic imine (C=N–C) groups is 1. The number of allylic oxidation sites excluding steroid dienone is 11. The van der Waals surface area contributed by atoms with Gasteiger partial charge in [0, 0.05) is 18.2 Å². The minimum Gasteiger partial charge on any atom is -0.261 e. The van der Waals surface area contributed by atoms with E-state index >= 15 is 0 Å². The summed E-state index contributed by atoms with van der Waals surface area (Å²) in [6.45, 7) is 0. The summed E-state index contributed by atoms with van der Waals surface area (Å²) in [4.78, 5) is 4.84. The molecule has 1 aliphatic heterocycles. The highest BCUT2D eigenvalue weighted by molar-refractivity contribution is 6.34. The van der Waals surface area contributed by atoms with Crippen LogP contribution in [0.2, 0.25) is 0 Å². The molecular formula is C32H23N. The predicted octanol–water partition coefficient (Wildman–Crippen LogP) is 7.85. The Morgan fingerprint density at radius 1 is 0.485 bits per heavy atom. The normalized spacial score (nSPS) is 17.0. The first-order valence-corrected chi connectivity index (χ1v) is 11.4. The van der Waals surface area contributed by atoms with Gasteiger partial charge in [-0.2, -0.15) is 0 Å². The lowest BCUT2D eigenvalue weighted by atomic mass is 9.88. The molecule has 0 unspecified atom stereocenters. The van der Waals surface area contributed by atoms with Gasteiger partial charge in [-0.05, 0) is 44.6 Å². The van der Waals surface area contributed by atoms with Crippen molar-refractivity contribution in [3.63, 3.8) is 0 Å². The third-order valence-corrected chi connectivity index (χ3v) is 6.32. The lowest BCUT2D eigenvalue weighted by molar-refractivity contribution is 1.46. The van der Waals surface area contributed by atoms with Crippen LogP contribution in [-0.2, 0) is 0 Å². The third kappa shape index (κ3) is 3.39. The topological polar surface area (TPSA) is 12.4 Å². The average Bonchev–Trinajstić information content (AvgIpc) is 3.65. The molecule has 0 aromatic heterocycles. The Bertz CT molecular complexity index is 1410. The van der Waals surface area contributed by atoms with Gasteiger partial charge in [-0.15, -0.1) is 0 Å². The maximum absolute atomic E-state index is 4.84. The van der Waals surface area contributed by atoms with Crippen molar-refractivity contribution in [3.8, 4) is 0 Å². The number of nitrogens with zero attached hydrogens (tertiary/aromatic N) is 1. The fourth-order valence-corrected chi connectivity index (χ4v) is 4.95. The van der Waals surface area contributed by atoms with Crippen molar-refractivity contribution < 1.29 is 0 Å². The third-order valence-electron chi connectivity index (χ3n) is 6.32. The van der Waals surface area contributed by atoms with Gasteiger partial charge in [0.25, 0.3) is 0 Å². The van der Waals surface area contributed by atoms with E-state index in [0.717, 1.165) is 12.1 Å². The molecular weight excluding hydrogens is 398 g/mol. The number of rotatable bonds is 4. The maximum atomic E-state index is 4.84. The van der Waals surface area contributed by atoms with Crippen molar-refractivity contribution in [2.75, 3.05) is 0 Å². The second-order valence-corrected chi connectivity index (χ2v) is 8.31. The number of benzene rings is 3. The molecule has 0 fully saturated rings. The fraction of sp³-hybridized carbons (Fsp3) is 0.0312. The lowest BCUT2D eigenvalue weighted by Gasteiger charge is -2.15. The summed E-state index contributed by atoms with van der Waals surface area (Å²) in [7, 11) is 0. The van der Waals surface area contributed by atoms with E-state index in [9.17, 15) is 0 Å². The second kappa shape index (κ2) is 8.37. The van der Waals surface area contributed by atoms with Gasteiger partial charge in [-0.1, -0.05) is 121 Å². The first-order chi connectivity index (χ1) is 16.4. The van der Waals surface area contributed by atoms with E-state index in [1.807, 2.05) is 6.20 Å². The molecule has 33 heavy (non-hydrogen) atoms. The molecule has 3 aromatic rings. The molecule has 3 aromatic carbocycles. The summed E-state index contributed by atoms with van der Waals surface area (Å²) in [5.74, 6) is 0. The van der Waals surface area contributed by atoms with Crippen molar-refractivity contribution >= 4 is 22.4 Å². The van der Waals surface area contributed by atoms with E-state index in [1.54, 1.807) is 0 Å². The van der Waals surface area contributed by atoms with Crippen LogP contribution < -0.4 is 0 Å². The quantitative estimate of drug-likeness (QED) is 0.407. The summed E-state index contributed by atoms with van der Waals surface area (Å²) < 4.78 is 0. The monoisotopic (exact) mass is 421 g/mol. The van der Waals surface area contributed by atoms with Gasteiger partial charge in [0.15, 0.2) is 0 Å². The molecule has 0 spiro atoms. The van der Waals surface area contributed by atoms with Crippen LogP contribution in [-0.4, -0.2) is 5.71 Å². The van der Waals surface area contributed by atoms with Crippen molar-refractivity contribution in [1.82, 2.24) is 0 Å². The molecule has 6 rings (SSSR count). The standard InChI is InChI=1S/C32H23N/c1-4-13-23(14-5-1)28-29(24-15-6-2-7-16-24)31(26-19-10-11-20-26)32(27-21-12-22-33-27)30(28)25-17-8-3-9-18-25/h1-20,22H,21H2. The van der Waals surface area contributed by atoms with Crippen LogP contribution in [0.15, 0.2) is 149 Å². The van der Waals surface area contributed by atoms with E-state index in [2.05, 4.69) is 121 Å². The van der Waals surface area contributed by atoms with Gasteiger partial charge in [0.2, 0.25) is 0 Å². The molecule has 0 saturated heterocycles. The Morgan fingerprint density at radius 2 is 0.939 bits per heavy atom. The van der Waals surface area contributed by atoms with Crippen molar-refractivity contribution in [2.24, 2.45) is 4.99 Å². The second-order valence-electron chi connectivity index (χ2n) is 8.31. The summed E-state index contributed by atoms with van der Waals surface area (Å²) in [5, 5.41) is 0. The molecule has 1 heterocycles. The zero-order chi connectivity index (χ0) is 22.0. The average molecular weight is 422 g/mol. The molecule has 1 nitrogen and oxygen atoms in total. The van der Waals surface area contributed by atoms with Crippen molar-refractivity contribution in [1.29, 1.82) is 0 Å². The Kier molecular flexibility index (Phi) is 4.93. The van der Waals surface area contributed by atoms with E-state index in [-0.39, 0.29) is 0 Å². The van der Waals surface area contributed by atoms with Gasteiger partial charge in [0.1, 0.15) is 0 Å². The largest absolute Gasteiger partial charge is 0.261 e. The molecule has 0 radical (unpaired) electrons. The van der Waals surface area contributed by atoms with Crippen LogP contribution in [0.1, 0.15) is 23.1 Å². The van der Waals surface area contributed by atoms with Crippen LogP contribution in [0.25, 0.3) is 16.7 Å². The van der Waals surface area contributed by atoms with Crippen molar-refractivity contribution in [3.05, 3.63) is 161 Å². The Hall–Kier alpha value is -4.23. The highest BCUT2D eigenvalue weighted by Crippen LogP contribution is 2.53. The zero-order valence-electron chi connectivity index (χ0n) is 18.3. The molecule has 0 amide bonds. The summed E-state index contributed by atoms with van der Waals surface area (Å²) in [5.41, 5.74) is 12.4. The van der Waals surface area contributed by atoms with Crippen LogP contribution in [0.3, 0.4) is 0 Å². The van der Waals surface area contributed by atoms with Gasteiger partial charge >= 0.3 is 0 Å². The van der Waals surface area contributed by atoms with Crippen LogP contribution in [0.5, 0.6) is 0 Å². The van der Waals surface area contributed by atoms with E-state index in [0.29, 0.717) is 0 Å². The first-order valence-electron chi connectivity index (χ1n) is 11.4.